The fraction of sp³-hybridized carbons (Fsp3) is 0.318. The van der Waals surface area contributed by atoms with Crippen LogP contribution in [0.1, 0.15) is 24.5 Å². The second-order valence-electron chi connectivity index (χ2n) is 6.96. The number of nitrogens with one attached hydrogen (secondary N) is 1. The smallest absolute Gasteiger partial charge is 0.320 e. The van der Waals surface area contributed by atoms with Crippen molar-refractivity contribution < 1.29 is 34.8 Å². The van der Waals surface area contributed by atoms with Gasteiger partial charge in [0, 0.05) is 0 Å². The molecule has 0 spiro atoms. The molecule has 7 N–H and O–H groups in total. The van der Waals surface area contributed by atoms with Crippen molar-refractivity contribution in [3.05, 3.63) is 65.7 Å². The van der Waals surface area contributed by atoms with E-state index >= 15 is 0 Å². The second kappa shape index (κ2) is 13.0. The van der Waals surface area contributed by atoms with E-state index < -0.39 is 36.0 Å². The number of nitrogens with two attached hydrogens (primary N) is 1. The Morgan fingerprint density at radius 3 is 1.94 bits per heavy atom. The number of benzene rings is 2. The zero-order chi connectivity index (χ0) is 23.4. The van der Waals surface area contributed by atoms with Crippen molar-refractivity contribution in [1.29, 1.82) is 0 Å². The topological polar surface area (TPSA) is 170 Å². The summed E-state index contributed by atoms with van der Waals surface area (Å²) in [5.41, 5.74) is 7.16. The van der Waals surface area contributed by atoms with E-state index in [9.17, 15) is 14.4 Å². The lowest BCUT2D eigenvalue weighted by atomic mass is 10.0. The first-order valence-corrected chi connectivity index (χ1v) is 9.62. The molecular weight excluding hydrogens is 404 g/mol. The molecule has 2 aromatic rings. The third-order valence-electron chi connectivity index (χ3n) is 4.39. The highest BCUT2D eigenvalue weighted by atomic mass is 16.4. The van der Waals surface area contributed by atoms with Gasteiger partial charge in [0.05, 0.1) is 0 Å². The Morgan fingerprint density at radius 2 is 1.45 bits per heavy atom. The molecule has 0 bridgehead atoms. The SMILES string of the molecule is C[C@@H](N[C@@H](CCc1ccccc1)C(=O)O)C(=O)O.N[C@@H](Cc1ccc(O)cc1)C(=O)O. The fourth-order valence-electron chi connectivity index (χ4n) is 2.58. The highest BCUT2D eigenvalue weighted by Crippen LogP contribution is 2.10. The van der Waals surface area contributed by atoms with Crippen molar-refractivity contribution in [2.45, 2.75) is 44.3 Å². The van der Waals surface area contributed by atoms with Gasteiger partial charge in [0.15, 0.2) is 0 Å². The van der Waals surface area contributed by atoms with Gasteiger partial charge in [-0.1, -0.05) is 42.5 Å². The minimum atomic E-state index is -1.05. The highest BCUT2D eigenvalue weighted by molar-refractivity contribution is 5.77. The van der Waals surface area contributed by atoms with E-state index in [4.69, 9.17) is 26.2 Å². The summed E-state index contributed by atoms with van der Waals surface area (Å²) in [6.07, 6.45) is 1.23. The number of carboxylic acid groups (broad SMARTS) is 3. The summed E-state index contributed by atoms with van der Waals surface area (Å²) in [7, 11) is 0. The van der Waals surface area contributed by atoms with Crippen LogP contribution in [0.25, 0.3) is 0 Å². The highest BCUT2D eigenvalue weighted by Gasteiger charge is 2.22. The molecule has 0 saturated carbocycles. The Morgan fingerprint density at radius 1 is 0.871 bits per heavy atom. The minimum absolute atomic E-state index is 0.160. The van der Waals surface area contributed by atoms with Crippen LogP contribution in [0.2, 0.25) is 0 Å². The number of phenols is 1. The van der Waals surface area contributed by atoms with Crippen LogP contribution in [0.3, 0.4) is 0 Å². The van der Waals surface area contributed by atoms with E-state index in [1.54, 1.807) is 12.1 Å². The van der Waals surface area contributed by atoms with Crippen LogP contribution in [0.4, 0.5) is 0 Å². The number of aromatic hydroxyl groups is 1. The Bertz CT molecular complexity index is 841. The van der Waals surface area contributed by atoms with E-state index in [-0.39, 0.29) is 12.2 Å². The predicted molar refractivity (Wildman–Crippen MR) is 114 cm³/mol. The Hall–Kier alpha value is -3.43. The molecule has 2 aromatic carbocycles. The third-order valence-corrected chi connectivity index (χ3v) is 4.39. The number of hydrogen-bond acceptors (Lipinski definition) is 6. The summed E-state index contributed by atoms with van der Waals surface area (Å²) in [5.74, 6) is -2.94. The standard InChI is InChI=1S/C13H17NO4.C9H11NO3/c1-9(12(15)16)14-11(13(17)18)8-7-10-5-3-2-4-6-10;10-8(9(12)13)5-6-1-3-7(11)4-2-6/h2-6,9,11,14H,7-8H2,1H3,(H,15,16)(H,17,18);1-4,8,11H,5,10H2,(H,12,13)/t9-,11+;8-/m10/s1. The summed E-state index contributed by atoms with van der Waals surface area (Å²) in [4.78, 5) is 32.1. The normalized spacial score (nSPS) is 13.2. The van der Waals surface area contributed by atoms with Crippen LogP contribution >= 0.6 is 0 Å². The van der Waals surface area contributed by atoms with Crippen molar-refractivity contribution >= 4 is 17.9 Å². The van der Waals surface area contributed by atoms with Gasteiger partial charge in [0.25, 0.3) is 0 Å². The first kappa shape index (κ1) is 25.6. The summed E-state index contributed by atoms with van der Waals surface area (Å²) < 4.78 is 0. The molecule has 9 nitrogen and oxygen atoms in total. The monoisotopic (exact) mass is 432 g/mol. The predicted octanol–water partition coefficient (Wildman–Crippen LogP) is 1.48. The fourth-order valence-corrected chi connectivity index (χ4v) is 2.58. The average molecular weight is 432 g/mol. The van der Waals surface area contributed by atoms with Gasteiger partial charge in [-0.25, -0.2) is 0 Å². The quantitative estimate of drug-likeness (QED) is 0.325. The molecule has 3 atom stereocenters. The van der Waals surface area contributed by atoms with E-state index in [1.165, 1.54) is 19.1 Å². The zero-order valence-corrected chi connectivity index (χ0v) is 17.1. The summed E-state index contributed by atoms with van der Waals surface area (Å²) >= 11 is 0. The van der Waals surface area contributed by atoms with Crippen molar-refractivity contribution in [2.75, 3.05) is 0 Å². The van der Waals surface area contributed by atoms with Crippen molar-refractivity contribution in [2.24, 2.45) is 5.73 Å². The number of phenolic OH excluding ortho intramolecular Hbond substituents is 1. The Labute approximate surface area is 180 Å². The van der Waals surface area contributed by atoms with Crippen molar-refractivity contribution in [3.63, 3.8) is 0 Å². The van der Waals surface area contributed by atoms with E-state index in [0.29, 0.717) is 12.8 Å². The second-order valence-corrected chi connectivity index (χ2v) is 6.96. The van der Waals surface area contributed by atoms with Crippen LogP contribution in [0.5, 0.6) is 5.75 Å². The summed E-state index contributed by atoms with van der Waals surface area (Å²) in [6.45, 7) is 1.43. The van der Waals surface area contributed by atoms with Crippen LogP contribution in [0, 0.1) is 0 Å². The molecule has 0 heterocycles. The van der Waals surface area contributed by atoms with E-state index in [1.807, 2.05) is 30.3 Å². The number of aliphatic carboxylic acids is 3. The lowest BCUT2D eigenvalue weighted by Crippen LogP contribution is -2.45. The van der Waals surface area contributed by atoms with Crippen LogP contribution in [0.15, 0.2) is 54.6 Å². The van der Waals surface area contributed by atoms with Crippen LogP contribution in [-0.4, -0.2) is 56.5 Å². The van der Waals surface area contributed by atoms with Crippen molar-refractivity contribution in [1.82, 2.24) is 5.32 Å². The molecule has 9 heteroatoms. The van der Waals surface area contributed by atoms with E-state index in [0.717, 1.165) is 11.1 Å². The summed E-state index contributed by atoms with van der Waals surface area (Å²) in [5, 5.41) is 37.8. The first-order chi connectivity index (χ1) is 14.6. The van der Waals surface area contributed by atoms with Gasteiger partial charge in [-0.15, -0.1) is 0 Å². The van der Waals surface area contributed by atoms with Crippen LogP contribution in [-0.2, 0) is 27.2 Å². The molecular formula is C22H28N2O7. The van der Waals surface area contributed by atoms with Gasteiger partial charge < -0.3 is 26.2 Å². The molecule has 0 unspecified atom stereocenters. The zero-order valence-electron chi connectivity index (χ0n) is 17.1. The van der Waals surface area contributed by atoms with Gasteiger partial charge in [-0.05, 0) is 49.4 Å². The minimum Gasteiger partial charge on any atom is -0.508 e. The van der Waals surface area contributed by atoms with Gasteiger partial charge in [-0.3, -0.25) is 19.7 Å². The summed E-state index contributed by atoms with van der Waals surface area (Å²) in [6, 6.07) is 13.2. The van der Waals surface area contributed by atoms with E-state index in [2.05, 4.69) is 5.32 Å². The molecule has 0 fully saturated rings. The largest absolute Gasteiger partial charge is 0.508 e. The maximum atomic E-state index is 11.0. The molecule has 2 rings (SSSR count). The number of carbonyl (C=O) groups is 3. The molecule has 0 radical (unpaired) electrons. The molecule has 0 aliphatic rings. The first-order valence-electron chi connectivity index (χ1n) is 9.62. The molecule has 0 aromatic heterocycles. The van der Waals surface area contributed by atoms with Gasteiger partial charge >= 0.3 is 17.9 Å². The molecule has 0 aliphatic carbocycles. The van der Waals surface area contributed by atoms with Gasteiger partial charge in [0.1, 0.15) is 23.9 Å². The molecule has 0 aliphatic heterocycles. The maximum absolute atomic E-state index is 11.0. The molecule has 31 heavy (non-hydrogen) atoms. The Kier molecular flexibility index (Phi) is 10.7. The third kappa shape index (κ3) is 10.2. The lowest BCUT2D eigenvalue weighted by molar-refractivity contribution is -0.142. The number of aryl methyl sites for hydroxylation is 1. The van der Waals surface area contributed by atoms with Crippen LogP contribution < -0.4 is 11.1 Å². The van der Waals surface area contributed by atoms with Gasteiger partial charge in [-0.2, -0.15) is 0 Å². The molecule has 0 saturated heterocycles. The Balaban J connectivity index is 0.000000327. The number of rotatable bonds is 10. The maximum Gasteiger partial charge on any atom is 0.320 e. The average Bonchev–Trinajstić information content (AvgIpc) is 2.73. The molecule has 168 valence electrons. The van der Waals surface area contributed by atoms with Crippen molar-refractivity contribution in [3.8, 4) is 5.75 Å². The van der Waals surface area contributed by atoms with Gasteiger partial charge in [0.2, 0.25) is 0 Å². The molecule has 0 amide bonds. The lowest BCUT2D eigenvalue weighted by Gasteiger charge is -2.17. The number of carboxylic acids is 3. The number of hydrogen-bond donors (Lipinski definition) is 6.